The molecule has 1 aliphatic rings. The molecular formula is C19H26N4O5. The third kappa shape index (κ3) is 3.94. The minimum Gasteiger partial charge on any atom is -0.505 e. The lowest BCUT2D eigenvalue weighted by molar-refractivity contribution is -0.136. The van der Waals surface area contributed by atoms with E-state index in [0.29, 0.717) is 0 Å². The average molecular weight is 390 g/mol. The van der Waals surface area contributed by atoms with Crippen molar-refractivity contribution in [1.82, 2.24) is 15.1 Å². The number of para-hydroxylation sites is 1. The number of benzene rings is 1. The molecule has 0 aliphatic carbocycles. The summed E-state index contributed by atoms with van der Waals surface area (Å²) in [5.74, 6) is -1.87. The third-order valence-corrected chi connectivity index (χ3v) is 4.55. The largest absolute Gasteiger partial charge is 0.505 e. The number of nitrogens with zero attached hydrogens (tertiary/aromatic N) is 2. The van der Waals surface area contributed by atoms with Gasteiger partial charge in [-0.2, -0.15) is 0 Å². The molecule has 28 heavy (non-hydrogen) atoms. The molecule has 4 N–H and O–H groups in total. The zero-order chi connectivity index (χ0) is 21.2. The summed E-state index contributed by atoms with van der Waals surface area (Å²) in [6.45, 7) is 3.51. The number of hydrogen-bond donors (Lipinski definition) is 4. The Morgan fingerprint density at radius 2 is 1.79 bits per heavy atom. The average Bonchev–Trinajstić information content (AvgIpc) is 2.84. The van der Waals surface area contributed by atoms with E-state index in [1.54, 1.807) is 20.2 Å². The minimum absolute atomic E-state index is 0.00185. The molecule has 152 valence electrons. The van der Waals surface area contributed by atoms with Crippen LogP contribution < -0.4 is 10.6 Å². The lowest BCUT2D eigenvalue weighted by Crippen LogP contribution is -2.40. The first-order chi connectivity index (χ1) is 13.1. The number of amides is 3. The van der Waals surface area contributed by atoms with Crippen LogP contribution in [0.1, 0.15) is 24.2 Å². The van der Waals surface area contributed by atoms with E-state index in [2.05, 4.69) is 10.6 Å². The summed E-state index contributed by atoms with van der Waals surface area (Å²) in [4.78, 5) is 39.5. The lowest BCUT2D eigenvalue weighted by atomic mass is 10.0. The van der Waals surface area contributed by atoms with Gasteiger partial charge >= 0.3 is 0 Å². The molecule has 0 spiro atoms. The van der Waals surface area contributed by atoms with Gasteiger partial charge in [-0.15, -0.1) is 0 Å². The van der Waals surface area contributed by atoms with Gasteiger partial charge in [-0.1, -0.05) is 19.9 Å². The highest BCUT2D eigenvalue weighted by Gasteiger charge is 2.38. The van der Waals surface area contributed by atoms with Gasteiger partial charge in [0.25, 0.3) is 17.7 Å². The predicted octanol–water partition coefficient (Wildman–Crippen LogP) is 0.323. The number of aromatic hydroxyl groups is 1. The van der Waals surface area contributed by atoms with Crippen molar-refractivity contribution in [3.05, 3.63) is 35.2 Å². The minimum atomic E-state index is -0.586. The smallest absolute Gasteiger partial charge is 0.279 e. The van der Waals surface area contributed by atoms with Gasteiger partial charge in [0.05, 0.1) is 23.9 Å². The Hall–Kier alpha value is -3.07. The van der Waals surface area contributed by atoms with Gasteiger partial charge in [-0.25, -0.2) is 0 Å². The van der Waals surface area contributed by atoms with Crippen LogP contribution in [0.5, 0.6) is 5.75 Å². The topological polar surface area (TPSA) is 122 Å². The Morgan fingerprint density at radius 3 is 2.32 bits per heavy atom. The molecule has 2 rings (SSSR count). The lowest BCUT2D eigenvalue weighted by Gasteiger charge is -2.22. The number of phenols is 1. The number of carbonyl (C=O) groups is 3. The molecule has 3 amide bonds. The summed E-state index contributed by atoms with van der Waals surface area (Å²) in [6.07, 6.45) is 0. The number of likely N-dealkylation sites (N-methyl/N-ethyl adjacent to an activating group) is 1. The summed E-state index contributed by atoms with van der Waals surface area (Å²) >= 11 is 0. The van der Waals surface area contributed by atoms with Gasteiger partial charge in [0.2, 0.25) is 0 Å². The summed E-state index contributed by atoms with van der Waals surface area (Å²) in [5, 5.41) is 25.7. The van der Waals surface area contributed by atoms with Gasteiger partial charge in [-0.3, -0.25) is 19.3 Å². The summed E-state index contributed by atoms with van der Waals surface area (Å²) < 4.78 is 0. The second kappa shape index (κ2) is 8.30. The van der Waals surface area contributed by atoms with E-state index in [4.69, 9.17) is 0 Å². The van der Waals surface area contributed by atoms with Crippen LogP contribution in [0, 0.1) is 5.92 Å². The number of carbonyl (C=O) groups excluding carboxylic acids is 3. The van der Waals surface area contributed by atoms with E-state index in [9.17, 15) is 24.6 Å². The van der Waals surface area contributed by atoms with Crippen molar-refractivity contribution >= 4 is 23.4 Å². The van der Waals surface area contributed by atoms with Crippen LogP contribution in [-0.2, 0) is 9.59 Å². The van der Waals surface area contributed by atoms with Gasteiger partial charge < -0.3 is 25.7 Å². The molecule has 1 atom stereocenters. The third-order valence-electron chi connectivity index (χ3n) is 4.55. The Labute approximate surface area is 163 Å². The van der Waals surface area contributed by atoms with Gasteiger partial charge in [0.1, 0.15) is 11.4 Å². The van der Waals surface area contributed by atoms with Crippen molar-refractivity contribution in [2.24, 2.45) is 5.92 Å². The Balaban J connectivity index is 2.46. The molecule has 0 saturated carbocycles. The van der Waals surface area contributed by atoms with E-state index >= 15 is 0 Å². The van der Waals surface area contributed by atoms with Crippen LogP contribution in [0.25, 0.3) is 0 Å². The van der Waals surface area contributed by atoms with Crippen LogP contribution in [0.2, 0.25) is 0 Å². The van der Waals surface area contributed by atoms with Crippen LogP contribution >= 0.6 is 0 Å². The highest BCUT2D eigenvalue weighted by atomic mass is 16.3. The molecule has 0 bridgehead atoms. The van der Waals surface area contributed by atoms with Crippen LogP contribution in [0.3, 0.4) is 0 Å². The quantitative estimate of drug-likeness (QED) is 0.391. The highest BCUT2D eigenvalue weighted by molar-refractivity contribution is 6.20. The molecule has 1 aromatic carbocycles. The first-order valence-electron chi connectivity index (χ1n) is 8.84. The molecule has 9 nitrogen and oxygen atoms in total. The Bertz CT molecular complexity index is 832. The number of aliphatic hydroxyl groups is 1. The maximum Gasteiger partial charge on any atom is 0.279 e. The van der Waals surface area contributed by atoms with Crippen LogP contribution in [0.4, 0.5) is 5.69 Å². The number of nitrogens with one attached hydrogen (secondary N) is 2. The maximum atomic E-state index is 12.5. The first kappa shape index (κ1) is 21.2. The van der Waals surface area contributed by atoms with E-state index in [1.807, 2.05) is 13.8 Å². The second-order valence-electron chi connectivity index (χ2n) is 7.12. The van der Waals surface area contributed by atoms with E-state index < -0.39 is 23.8 Å². The van der Waals surface area contributed by atoms with Crippen molar-refractivity contribution in [3.63, 3.8) is 0 Å². The van der Waals surface area contributed by atoms with Crippen molar-refractivity contribution in [3.8, 4) is 5.75 Å². The maximum absolute atomic E-state index is 12.5. The summed E-state index contributed by atoms with van der Waals surface area (Å²) in [6, 6.07) is 4.08. The highest BCUT2D eigenvalue weighted by Crippen LogP contribution is 2.31. The van der Waals surface area contributed by atoms with Crippen molar-refractivity contribution in [2.45, 2.75) is 19.9 Å². The molecule has 1 aliphatic heterocycles. The Kier molecular flexibility index (Phi) is 6.30. The van der Waals surface area contributed by atoms with Crippen molar-refractivity contribution in [2.75, 3.05) is 33.1 Å². The molecule has 1 heterocycles. The monoisotopic (exact) mass is 390 g/mol. The predicted molar refractivity (Wildman–Crippen MR) is 103 cm³/mol. The van der Waals surface area contributed by atoms with Crippen molar-refractivity contribution < 1.29 is 24.6 Å². The molecule has 9 heteroatoms. The molecule has 0 aromatic heterocycles. The van der Waals surface area contributed by atoms with E-state index in [1.165, 1.54) is 24.1 Å². The van der Waals surface area contributed by atoms with Crippen LogP contribution in [-0.4, -0.2) is 71.5 Å². The molecule has 0 saturated heterocycles. The molecular weight excluding hydrogens is 364 g/mol. The zero-order valence-corrected chi connectivity index (χ0v) is 16.6. The number of aliphatic hydroxyl groups excluding tert-OH is 1. The zero-order valence-electron chi connectivity index (χ0n) is 16.6. The number of rotatable bonds is 7. The van der Waals surface area contributed by atoms with E-state index in [-0.39, 0.29) is 40.9 Å². The fourth-order valence-corrected chi connectivity index (χ4v) is 2.69. The number of imide groups is 1. The fraction of sp³-hybridized carbons (Fsp3) is 0.421. The summed E-state index contributed by atoms with van der Waals surface area (Å²) in [5.41, 5.74) is 0.120. The molecule has 0 radical (unpaired) electrons. The second-order valence-corrected chi connectivity index (χ2v) is 7.12. The normalized spacial score (nSPS) is 15.3. The Morgan fingerprint density at radius 1 is 1.18 bits per heavy atom. The molecule has 0 fully saturated rings. The van der Waals surface area contributed by atoms with Crippen molar-refractivity contribution in [1.29, 1.82) is 0 Å². The van der Waals surface area contributed by atoms with Crippen LogP contribution in [0.15, 0.2) is 29.6 Å². The fourth-order valence-electron chi connectivity index (χ4n) is 2.69. The van der Waals surface area contributed by atoms with E-state index in [0.717, 1.165) is 4.90 Å². The number of anilines is 1. The number of hydrogen-bond acceptors (Lipinski definition) is 7. The molecule has 1 aromatic rings. The summed E-state index contributed by atoms with van der Waals surface area (Å²) in [7, 11) is 4.46. The molecule has 0 unspecified atom stereocenters. The van der Waals surface area contributed by atoms with Gasteiger partial charge in [0, 0.05) is 21.1 Å². The number of phenolic OH excluding ortho intramolecular Hbond substituents is 1. The van der Waals surface area contributed by atoms with Gasteiger partial charge in [0.15, 0.2) is 5.75 Å². The first-order valence-corrected chi connectivity index (χ1v) is 8.84. The standard InChI is InChI=1S/C19H26N4O5/c1-10(2)13(9-24)21-15-14(18(27)23(5)19(15)28)20-12-8-6-7-11(16(12)25)17(26)22(3)4/h6-8,10,13,20-21,24-25H,9H2,1-5H3/t13-/m0/s1. The van der Waals surface area contributed by atoms with Gasteiger partial charge in [-0.05, 0) is 18.1 Å². The SMILES string of the molecule is CC(C)[C@H](CO)NC1=C(Nc2cccc(C(=O)N(C)C)c2O)C(=O)N(C)C1=O.